The second-order valence-corrected chi connectivity index (χ2v) is 5.98. The fourth-order valence-electron chi connectivity index (χ4n) is 1.72. The van der Waals surface area contributed by atoms with Crippen LogP contribution in [0.2, 0.25) is 0 Å². The highest BCUT2D eigenvalue weighted by Gasteiger charge is 2.28. The average Bonchev–Trinajstić information content (AvgIpc) is 2.41. The largest absolute Gasteiger partial charge is 0.508 e. The molecule has 3 atom stereocenters. The van der Waals surface area contributed by atoms with Gasteiger partial charge >= 0.3 is 0 Å². The fraction of sp³-hybridized carbons (Fsp3) is 0.333. The van der Waals surface area contributed by atoms with Gasteiger partial charge in [-0.15, -0.1) is 0 Å². The number of hydrogen-bond acceptors (Lipinski definition) is 6. The van der Waals surface area contributed by atoms with Crippen LogP contribution in [0.25, 0.3) is 0 Å². The summed E-state index contributed by atoms with van der Waals surface area (Å²) in [5, 5.41) is 27.6. The molecule has 1 heterocycles. The predicted molar refractivity (Wildman–Crippen MR) is 69.3 cm³/mol. The van der Waals surface area contributed by atoms with Crippen molar-refractivity contribution in [3.05, 3.63) is 36.4 Å². The molecule has 1 aromatic carbocycles. The van der Waals surface area contributed by atoms with Crippen LogP contribution in [0.1, 0.15) is 0 Å². The third kappa shape index (κ3) is 3.35. The van der Waals surface area contributed by atoms with Crippen molar-refractivity contribution in [2.24, 2.45) is 0 Å². The quantitative estimate of drug-likeness (QED) is 0.547. The molecule has 0 saturated carbocycles. The Labute approximate surface area is 116 Å². The maximum absolute atomic E-state index is 12.1. The standard InChI is InChI=1S/C12H15NO6S/c14-7-11-10(16)5-6-12(19-11)13-20(17,18)9-3-1-8(15)2-4-9/h1-6,10-16H,7H2/t10-,11-,12+/m1/s1. The van der Waals surface area contributed by atoms with E-state index in [0.717, 1.165) is 0 Å². The molecule has 4 N–H and O–H groups in total. The first-order valence-electron chi connectivity index (χ1n) is 5.86. The third-order valence-corrected chi connectivity index (χ3v) is 4.22. The van der Waals surface area contributed by atoms with Crippen molar-refractivity contribution in [2.45, 2.75) is 23.3 Å². The van der Waals surface area contributed by atoms with Crippen LogP contribution in [0.4, 0.5) is 0 Å². The molecule has 0 saturated heterocycles. The van der Waals surface area contributed by atoms with Gasteiger partial charge in [0, 0.05) is 0 Å². The number of aromatic hydroxyl groups is 1. The number of ether oxygens (including phenoxy) is 1. The Balaban J connectivity index is 2.13. The normalized spacial score (nSPS) is 26.6. The van der Waals surface area contributed by atoms with E-state index < -0.39 is 35.1 Å². The summed E-state index contributed by atoms with van der Waals surface area (Å²) in [6.07, 6.45) is -0.125. The van der Waals surface area contributed by atoms with E-state index in [1.54, 1.807) is 0 Å². The van der Waals surface area contributed by atoms with Crippen molar-refractivity contribution in [3.8, 4) is 5.75 Å². The van der Waals surface area contributed by atoms with Gasteiger partial charge in [-0.3, -0.25) is 0 Å². The summed E-state index contributed by atoms with van der Waals surface area (Å²) in [5.74, 6) is -0.0405. The van der Waals surface area contributed by atoms with Gasteiger partial charge in [0.05, 0.1) is 11.5 Å². The van der Waals surface area contributed by atoms with Gasteiger partial charge in [-0.25, -0.2) is 8.42 Å². The van der Waals surface area contributed by atoms with Gasteiger partial charge in [0.2, 0.25) is 10.0 Å². The summed E-state index contributed by atoms with van der Waals surface area (Å²) in [7, 11) is -3.83. The topological polar surface area (TPSA) is 116 Å². The smallest absolute Gasteiger partial charge is 0.242 e. The summed E-state index contributed by atoms with van der Waals surface area (Å²) in [5.41, 5.74) is 0. The lowest BCUT2D eigenvalue weighted by molar-refractivity contribution is -0.0820. The van der Waals surface area contributed by atoms with Gasteiger partial charge < -0.3 is 20.1 Å². The first-order valence-corrected chi connectivity index (χ1v) is 7.35. The van der Waals surface area contributed by atoms with Gasteiger partial charge in [-0.1, -0.05) is 6.08 Å². The molecule has 0 bridgehead atoms. The van der Waals surface area contributed by atoms with Gasteiger partial charge in [-0.05, 0) is 30.3 Å². The molecule has 1 aliphatic rings. The minimum atomic E-state index is -3.83. The lowest BCUT2D eigenvalue weighted by Gasteiger charge is -2.28. The molecule has 0 radical (unpaired) electrons. The first kappa shape index (κ1) is 14.9. The Morgan fingerprint density at radius 2 is 1.85 bits per heavy atom. The van der Waals surface area contributed by atoms with E-state index in [9.17, 15) is 13.5 Å². The van der Waals surface area contributed by atoms with E-state index in [-0.39, 0.29) is 10.6 Å². The fourth-order valence-corrected chi connectivity index (χ4v) is 2.79. The maximum atomic E-state index is 12.1. The number of phenolic OH excluding ortho intramolecular Hbond substituents is 1. The van der Waals surface area contributed by atoms with Crippen LogP contribution in [0.5, 0.6) is 5.75 Å². The van der Waals surface area contributed by atoms with Crippen molar-refractivity contribution >= 4 is 10.0 Å². The van der Waals surface area contributed by atoms with Gasteiger partial charge in [0.1, 0.15) is 24.2 Å². The number of sulfonamides is 1. The number of rotatable bonds is 4. The number of aliphatic hydroxyl groups excluding tert-OH is 2. The average molecular weight is 301 g/mol. The molecule has 0 aromatic heterocycles. The van der Waals surface area contributed by atoms with E-state index in [1.165, 1.54) is 36.4 Å². The molecule has 0 fully saturated rings. The number of hydrogen-bond donors (Lipinski definition) is 4. The number of nitrogens with one attached hydrogen (secondary N) is 1. The minimum absolute atomic E-state index is 0.0287. The van der Waals surface area contributed by atoms with E-state index in [4.69, 9.17) is 14.9 Å². The molecular formula is C12H15NO6S. The van der Waals surface area contributed by atoms with E-state index >= 15 is 0 Å². The number of benzene rings is 1. The number of phenols is 1. The van der Waals surface area contributed by atoms with Crippen LogP contribution < -0.4 is 4.72 Å². The van der Waals surface area contributed by atoms with Crippen LogP contribution in [-0.2, 0) is 14.8 Å². The lowest BCUT2D eigenvalue weighted by Crippen LogP contribution is -2.45. The van der Waals surface area contributed by atoms with Crippen molar-refractivity contribution in [3.63, 3.8) is 0 Å². The van der Waals surface area contributed by atoms with Gasteiger partial charge in [0.15, 0.2) is 0 Å². The molecule has 0 spiro atoms. The molecule has 0 amide bonds. The van der Waals surface area contributed by atoms with Gasteiger partial charge in [-0.2, -0.15) is 4.72 Å². The number of aliphatic hydroxyl groups is 2. The summed E-state index contributed by atoms with van der Waals surface area (Å²) in [4.78, 5) is -0.0287. The van der Waals surface area contributed by atoms with Crippen molar-refractivity contribution in [1.82, 2.24) is 4.72 Å². The summed E-state index contributed by atoms with van der Waals surface area (Å²) >= 11 is 0. The molecule has 1 aliphatic heterocycles. The van der Waals surface area contributed by atoms with Crippen LogP contribution in [0.3, 0.4) is 0 Å². The molecule has 0 aliphatic carbocycles. The SMILES string of the molecule is O=S(=O)(N[C@@H]1C=C[C@@H](O)[C@@H](CO)O1)c1ccc(O)cc1. The Morgan fingerprint density at radius 1 is 1.20 bits per heavy atom. The molecular weight excluding hydrogens is 286 g/mol. The van der Waals surface area contributed by atoms with Crippen LogP contribution >= 0.6 is 0 Å². The second-order valence-electron chi connectivity index (χ2n) is 4.27. The zero-order valence-electron chi connectivity index (χ0n) is 10.4. The van der Waals surface area contributed by atoms with Crippen LogP contribution in [-0.4, -0.2) is 48.8 Å². The second kappa shape index (κ2) is 5.90. The summed E-state index contributed by atoms with van der Waals surface area (Å²) in [6, 6.07) is 5.02. The molecule has 20 heavy (non-hydrogen) atoms. The molecule has 110 valence electrons. The summed E-state index contributed by atoms with van der Waals surface area (Å²) < 4.78 is 31.6. The molecule has 8 heteroatoms. The van der Waals surface area contributed by atoms with Crippen LogP contribution in [0.15, 0.2) is 41.3 Å². The highest BCUT2D eigenvalue weighted by Crippen LogP contribution is 2.17. The van der Waals surface area contributed by atoms with E-state index in [2.05, 4.69) is 4.72 Å². The predicted octanol–water partition coefficient (Wildman–Crippen LogP) is -0.695. The Kier molecular flexibility index (Phi) is 4.41. The Hall–Kier alpha value is -1.45. The van der Waals surface area contributed by atoms with E-state index in [0.29, 0.717) is 0 Å². The monoisotopic (exact) mass is 301 g/mol. The minimum Gasteiger partial charge on any atom is -0.508 e. The van der Waals surface area contributed by atoms with Crippen molar-refractivity contribution < 1.29 is 28.5 Å². The Morgan fingerprint density at radius 3 is 2.45 bits per heavy atom. The van der Waals surface area contributed by atoms with Gasteiger partial charge in [0.25, 0.3) is 0 Å². The van der Waals surface area contributed by atoms with Crippen LogP contribution in [0, 0.1) is 0 Å². The molecule has 0 unspecified atom stereocenters. The van der Waals surface area contributed by atoms with Crippen molar-refractivity contribution in [1.29, 1.82) is 0 Å². The lowest BCUT2D eigenvalue weighted by atomic mass is 10.1. The highest BCUT2D eigenvalue weighted by molar-refractivity contribution is 7.89. The highest BCUT2D eigenvalue weighted by atomic mass is 32.2. The maximum Gasteiger partial charge on any atom is 0.242 e. The third-order valence-electron chi connectivity index (χ3n) is 2.78. The zero-order valence-corrected chi connectivity index (χ0v) is 11.2. The summed E-state index contributed by atoms with van der Waals surface area (Å²) in [6.45, 7) is -0.428. The first-order chi connectivity index (χ1) is 9.42. The molecule has 2 rings (SSSR count). The molecule has 7 nitrogen and oxygen atoms in total. The molecule has 1 aromatic rings. The van der Waals surface area contributed by atoms with E-state index in [1.807, 2.05) is 0 Å². The van der Waals surface area contributed by atoms with Crippen molar-refractivity contribution in [2.75, 3.05) is 6.61 Å². The zero-order chi connectivity index (χ0) is 14.8. The Bertz CT molecular complexity index is 582.